The molecule has 3 rings (SSSR count). The maximum absolute atomic E-state index is 12.3. The standard InChI is InChI=1S/C19H30BN3O5Si/c1-18(2)19(3,4)28-20(27-18)13-10-14-15(17(24)25-5)22-23(16(14)21-11-13)12-26-8-9-29(6)7/h10-11,29H,8-9,12H2,1-7H3. The van der Waals surface area contributed by atoms with Crippen LogP contribution in [-0.4, -0.2) is 61.6 Å². The average molecular weight is 419 g/mol. The zero-order valence-electron chi connectivity index (χ0n) is 18.3. The summed E-state index contributed by atoms with van der Waals surface area (Å²) in [6.45, 7) is 13.4. The lowest BCUT2D eigenvalue weighted by molar-refractivity contribution is 0.00578. The molecule has 0 radical (unpaired) electrons. The lowest BCUT2D eigenvalue weighted by atomic mass is 9.80. The van der Waals surface area contributed by atoms with Gasteiger partial charge >= 0.3 is 13.1 Å². The Morgan fingerprint density at radius 3 is 2.48 bits per heavy atom. The first-order chi connectivity index (χ1) is 13.6. The quantitative estimate of drug-likeness (QED) is 0.385. The van der Waals surface area contributed by atoms with E-state index >= 15 is 0 Å². The highest BCUT2D eigenvalue weighted by atomic mass is 28.3. The molecule has 0 aliphatic carbocycles. The van der Waals surface area contributed by atoms with Crippen molar-refractivity contribution in [3.8, 4) is 0 Å². The van der Waals surface area contributed by atoms with Crippen LogP contribution in [0.15, 0.2) is 12.3 Å². The summed E-state index contributed by atoms with van der Waals surface area (Å²) in [5, 5.41) is 4.97. The molecule has 1 aliphatic rings. The van der Waals surface area contributed by atoms with Gasteiger partial charge in [-0.05, 0) is 39.8 Å². The molecule has 0 amide bonds. The molecule has 2 aromatic heterocycles. The summed E-state index contributed by atoms with van der Waals surface area (Å²) in [6.07, 6.45) is 1.70. The summed E-state index contributed by atoms with van der Waals surface area (Å²) in [5.74, 6) is -0.517. The molecule has 1 saturated heterocycles. The molecule has 0 aromatic carbocycles. The van der Waals surface area contributed by atoms with E-state index in [2.05, 4.69) is 23.2 Å². The third kappa shape index (κ3) is 4.40. The minimum Gasteiger partial charge on any atom is -0.464 e. The Balaban J connectivity index is 1.91. The number of ether oxygens (including phenoxy) is 2. The SMILES string of the molecule is COC(=O)c1nn(COCC[SiH](C)C)c2ncc(B3OC(C)(C)C(C)(C)O3)cc12. The van der Waals surface area contributed by atoms with Gasteiger partial charge in [-0.25, -0.2) is 14.5 Å². The summed E-state index contributed by atoms with van der Waals surface area (Å²) in [4.78, 5) is 16.8. The maximum atomic E-state index is 12.3. The van der Waals surface area contributed by atoms with Crippen molar-refractivity contribution in [1.82, 2.24) is 14.8 Å². The number of rotatable bonds is 7. The molecular formula is C19H30BN3O5Si. The Morgan fingerprint density at radius 2 is 1.90 bits per heavy atom. The van der Waals surface area contributed by atoms with E-state index in [0.717, 1.165) is 11.5 Å². The Bertz CT molecular complexity index is 883. The summed E-state index contributed by atoms with van der Waals surface area (Å²) >= 11 is 0. The van der Waals surface area contributed by atoms with Crippen molar-refractivity contribution >= 4 is 38.4 Å². The fourth-order valence-corrected chi connectivity index (χ4v) is 3.63. The van der Waals surface area contributed by atoms with Gasteiger partial charge in [0.1, 0.15) is 6.73 Å². The predicted octanol–water partition coefficient (Wildman–Crippen LogP) is 1.98. The molecule has 3 heterocycles. The van der Waals surface area contributed by atoms with E-state index < -0.39 is 33.1 Å². The molecule has 1 aliphatic heterocycles. The molecule has 0 N–H and O–H groups in total. The van der Waals surface area contributed by atoms with Gasteiger partial charge in [-0.3, -0.25) is 0 Å². The lowest BCUT2D eigenvalue weighted by Crippen LogP contribution is -2.41. The van der Waals surface area contributed by atoms with Gasteiger partial charge in [0.15, 0.2) is 11.3 Å². The number of hydrogen-bond donors (Lipinski definition) is 0. The zero-order valence-corrected chi connectivity index (χ0v) is 19.5. The Morgan fingerprint density at radius 1 is 1.24 bits per heavy atom. The molecule has 0 spiro atoms. The van der Waals surface area contributed by atoms with Crippen molar-refractivity contribution in [2.45, 2.75) is 64.8 Å². The number of pyridine rings is 1. The van der Waals surface area contributed by atoms with Crippen molar-refractivity contribution in [1.29, 1.82) is 0 Å². The second-order valence-electron chi connectivity index (χ2n) is 8.79. The van der Waals surface area contributed by atoms with Gasteiger partial charge in [0.05, 0.1) is 23.7 Å². The summed E-state index contributed by atoms with van der Waals surface area (Å²) in [7, 11) is 0.0889. The first kappa shape index (κ1) is 21.9. The van der Waals surface area contributed by atoms with E-state index in [1.54, 1.807) is 10.9 Å². The summed E-state index contributed by atoms with van der Waals surface area (Å²) in [5.41, 5.74) is 0.570. The minimum absolute atomic E-state index is 0.204. The molecule has 1 fully saturated rings. The van der Waals surface area contributed by atoms with Crippen LogP contribution in [0.25, 0.3) is 11.0 Å². The second kappa shape index (κ2) is 8.17. The van der Waals surface area contributed by atoms with Crippen LogP contribution < -0.4 is 5.46 Å². The van der Waals surface area contributed by atoms with Crippen molar-refractivity contribution in [2.24, 2.45) is 0 Å². The van der Waals surface area contributed by atoms with Crippen molar-refractivity contribution < 1.29 is 23.6 Å². The van der Waals surface area contributed by atoms with Gasteiger partial charge in [-0.15, -0.1) is 0 Å². The highest BCUT2D eigenvalue weighted by Gasteiger charge is 2.52. The van der Waals surface area contributed by atoms with Crippen LogP contribution in [0.2, 0.25) is 19.1 Å². The number of methoxy groups -OCH3 is 1. The Kier molecular flexibility index (Phi) is 6.19. The van der Waals surface area contributed by atoms with E-state index in [-0.39, 0.29) is 12.4 Å². The topological polar surface area (TPSA) is 84.7 Å². The van der Waals surface area contributed by atoms with Gasteiger partial charge in [0, 0.05) is 27.1 Å². The lowest BCUT2D eigenvalue weighted by Gasteiger charge is -2.32. The number of carbonyl (C=O) groups is 1. The van der Waals surface area contributed by atoms with Gasteiger partial charge < -0.3 is 18.8 Å². The molecule has 10 heteroatoms. The van der Waals surface area contributed by atoms with Crippen molar-refractivity contribution in [3.63, 3.8) is 0 Å². The van der Waals surface area contributed by atoms with Crippen LogP contribution in [0.3, 0.4) is 0 Å². The van der Waals surface area contributed by atoms with Crippen LogP contribution in [0.5, 0.6) is 0 Å². The van der Waals surface area contributed by atoms with Crippen LogP contribution in [0, 0.1) is 0 Å². The molecule has 158 valence electrons. The molecule has 0 saturated carbocycles. The van der Waals surface area contributed by atoms with Crippen molar-refractivity contribution in [2.75, 3.05) is 13.7 Å². The van der Waals surface area contributed by atoms with Crippen LogP contribution in [0.1, 0.15) is 38.2 Å². The third-order valence-electron chi connectivity index (χ3n) is 5.57. The third-order valence-corrected chi connectivity index (χ3v) is 6.96. The number of aromatic nitrogens is 3. The molecule has 0 atom stereocenters. The summed E-state index contributed by atoms with van der Waals surface area (Å²) in [6, 6.07) is 2.92. The highest BCUT2D eigenvalue weighted by molar-refractivity contribution is 6.62. The second-order valence-corrected chi connectivity index (χ2v) is 12.2. The maximum Gasteiger partial charge on any atom is 0.496 e. The van der Waals surface area contributed by atoms with Gasteiger partial charge in [-0.1, -0.05) is 13.1 Å². The van der Waals surface area contributed by atoms with E-state index in [0.29, 0.717) is 17.6 Å². The Labute approximate surface area is 173 Å². The molecule has 29 heavy (non-hydrogen) atoms. The predicted molar refractivity (Wildman–Crippen MR) is 114 cm³/mol. The van der Waals surface area contributed by atoms with Gasteiger partial charge in [0.2, 0.25) is 0 Å². The van der Waals surface area contributed by atoms with Gasteiger partial charge in [-0.2, -0.15) is 5.10 Å². The van der Waals surface area contributed by atoms with Crippen LogP contribution in [-0.2, 0) is 25.5 Å². The number of esters is 1. The number of carbonyl (C=O) groups excluding carboxylic acids is 1. The first-order valence-corrected chi connectivity index (χ1v) is 13.1. The fraction of sp³-hybridized carbons (Fsp3) is 0.632. The number of nitrogens with zero attached hydrogens (tertiary/aromatic N) is 3. The van der Waals surface area contributed by atoms with Crippen LogP contribution >= 0.6 is 0 Å². The highest BCUT2D eigenvalue weighted by Crippen LogP contribution is 2.36. The van der Waals surface area contributed by atoms with Gasteiger partial charge in [0.25, 0.3) is 0 Å². The average Bonchev–Trinajstić information content (AvgIpc) is 3.11. The largest absolute Gasteiger partial charge is 0.496 e. The molecule has 2 aromatic rings. The number of fused-ring (bicyclic) bond motifs is 1. The molecule has 0 unspecified atom stereocenters. The first-order valence-electron chi connectivity index (χ1n) is 9.94. The minimum atomic E-state index is -0.676. The monoisotopic (exact) mass is 419 g/mol. The zero-order chi connectivity index (χ0) is 21.4. The van der Waals surface area contributed by atoms with E-state index in [9.17, 15) is 4.79 Å². The normalized spacial score (nSPS) is 18.0. The van der Waals surface area contributed by atoms with Crippen molar-refractivity contribution in [3.05, 3.63) is 18.0 Å². The molecule has 0 bridgehead atoms. The van der Waals surface area contributed by atoms with E-state index in [1.165, 1.54) is 7.11 Å². The van der Waals surface area contributed by atoms with E-state index in [4.69, 9.17) is 18.8 Å². The fourth-order valence-electron chi connectivity index (χ4n) is 2.99. The molecular weight excluding hydrogens is 389 g/mol. The Hall–Kier alpha value is -1.75. The number of hydrogen-bond acceptors (Lipinski definition) is 7. The molecule has 8 nitrogen and oxygen atoms in total. The van der Waals surface area contributed by atoms with E-state index in [1.807, 2.05) is 33.8 Å². The smallest absolute Gasteiger partial charge is 0.464 e. The summed E-state index contributed by atoms with van der Waals surface area (Å²) < 4.78 is 24.5. The van der Waals surface area contributed by atoms with Crippen LogP contribution in [0.4, 0.5) is 0 Å².